The summed E-state index contributed by atoms with van der Waals surface area (Å²) in [7, 11) is 0. The zero-order valence-corrected chi connectivity index (χ0v) is 15.7. The number of carbonyl (C=O) groups is 1. The molecular weight excluding hydrogens is 276 g/mol. The van der Waals surface area contributed by atoms with Crippen molar-refractivity contribution in [3.63, 3.8) is 0 Å². The zero-order chi connectivity index (χ0) is 17.0. The first kappa shape index (κ1) is 19.3. The summed E-state index contributed by atoms with van der Waals surface area (Å²) in [5.41, 5.74) is -0.686. The van der Waals surface area contributed by atoms with Gasteiger partial charge in [0.15, 0.2) is 0 Å². The molecule has 0 radical (unpaired) electrons. The Hall–Kier alpha value is -0.770. The fourth-order valence-electron chi connectivity index (χ4n) is 3.00. The van der Waals surface area contributed by atoms with Crippen LogP contribution in [0.5, 0.6) is 0 Å². The molecule has 130 valence electrons. The van der Waals surface area contributed by atoms with Crippen molar-refractivity contribution in [2.75, 3.05) is 13.1 Å². The summed E-state index contributed by atoms with van der Waals surface area (Å²) in [4.78, 5) is 14.3. The fraction of sp³-hybridized carbons (Fsp3) is 0.944. The molecule has 1 saturated carbocycles. The lowest BCUT2D eigenvalue weighted by molar-refractivity contribution is 0.00626. The van der Waals surface area contributed by atoms with E-state index < -0.39 is 5.60 Å². The molecule has 1 aliphatic carbocycles. The maximum absolute atomic E-state index is 12.4. The zero-order valence-electron chi connectivity index (χ0n) is 15.7. The topological polar surface area (TPSA) is 41.6 Å². The Morgan fingerprint density at radius 3 is 2.23 bits per heavy atom. The maximum Gasteiger partial charge on any atom is 0.410 e. The van der Waals surface area contributed by atoms with Gasteiger partial charge >= 0.3 is 6.09 Å². The molecule has 0 aromatic rings. The highest BCUT2D eigenvalue weighted by atomic mass is 16.6. The molecule has 0 heterocycles. The van der Waals surface area contributed by atoms with E-state index in [-0.39, 0.29) is 11.6 Å². The number of nitrogens with zero attached hydrogens (tertiary/aromatic N) is 1. The van der Waals surface area contributed by atoms with E-state index in [4.69, 9.17) is 4.74 Å². The molecular formula is C18H36N2O2. The van der Waals surface area contributed by atoms with E-state index in [1.165, 1.54) is 25.7 Å². The van der Waals surface area contributed by atoms with Gasteiger partial charge in [-0.2, -0.15) is 0 Å². The predicted molar refractivity (Wildman–Crippen MR) is 92.1 cm³/mol. The van der Waals surface area contributed by atoms with Crippen LogP contribution in [0.3, 0.4) is 0 Å². The highest BCUT2D eigenvalue weighted by molar-refractivity contribution is 5.69. The van der Waals surface area contributed by atoms with Crippen molar-refractivity contribution in [1.29, 1.82) is 0 Å². The van der Waals surface area contributed by atoms with E-state index in [1.54, 1.807) is 0 Å². The third-order valence-corrected chi connectivity index (χ3v) is 4.28. The summed E-state index contributed by atoms with van der Waals surface area (Å²) in [5.74, 6) is 0.735. The monoisotopic (exact) mass is 312 g/mol. The molecule has 0 aromatic carbocycles. The van der Waals surface area contributed by atoms with E-state index in [9.17, 15) is 4.79 Å². The summed E-state index contributed by atoms with van der Waals surface area (Å²) in [6, 6.07) is 0.592. The first-order valence-corrected chi connectivity index (χ1v) is 8.75. The van der Waals surface area contributed by atoms with Gasteiger partial charge in [-0.05, 0) is 60.3 Å². The normalized spacial score (nSPS) is 23.2. The minimum Gasteiger partial charge on any atom is -0.444 e. The van der Waals surface area contributed by atoms with Crippen LogP contribution in [0, 0.1) is 5.92 Å². The van der Waals surface area contributed by atoms with Gasteiger partial charge < -0.3 is 15.0 Å². The Morgan fingerprint density at radius 1 is 1.14 bits per heavy atom. The smallest absolute Gasteiger partial charge is 0.410 e. The van der Waals surface area contributed by atoms with Gasteiger partial charge in [-0.15, -0.1) is 0 Å². The molecule has 0 saturated heterocycles. The molecule has 1 aliphatic rings. The van der Waals surface area contributed by atoms with E-state index in [2.05, 4.69) is 33.0 Å². The average molecular weight is 312 g/mol. The van der Waals surface area contributed by atoms with Gasteiger partial charge in [0, 0.05) is 24.7 Å². The second-order valence-corrected chi connectivity index (χ2v) is 8.63. The van der Waals surface area contributed by atoms with Crippen LogP contribution in [-0.4, -0.2) is 41.3 Å². The first-order chi connectivity index (χ1) is 10.0. The Balaban J connectivity index is 2.53. The third kappa shape index (κ3) is 6.55. The van der Waals surface area contributed by atoms with Crippen molar-refractivity contribution in [3.8, 4) is 0 Å². The quantitative estimate of drug-likeness (QED) is 0.846. The molecule has 2 unspecified atom stereocenters. The molecule has 0 bridgehead atoms. The van der Waals surface area contributed by atoms with Gasteiger partial charge in [-0.3, -0.25) is 0 Å². The Morgan fingerprint density at radius 2 is 1.73 bits per heavy atom. The SMILES string of the molecule is CC1CCCCC1NCCN(C(=O)OC(C)(C)C)C(C)(C)C. The van der Waals surface area contributed by atoms with E-state index in [0.717, 1.165) is 12.5 Å². The fourth-order valence-corrected chi connectivity index (χ4v) is 3.00. The second-order valence-electron chi connectivity index (χ2n) is 8.63. The van der Waals surface area contributed by atoms with E-state index >= 15 is 0 Å². The van der Waals surface area contributed by atoms with Crippen molar-refractivity contribution in [1.82, 2.24) is 10.2 Å². The Labute approximate surface area is 137 Å². The van der Waals surface area contributed by atoms with Crippen molar-refractivity contribution in [3.05, 3.63) is 0 Å². The van der Waals surface area contributed by atoms with Gasteiger partial charge in [-0.1, -0.05) is 19.8 Å². The summed E-state index contributed by atoms with van der Waals surface area (Å²) >= 11 is 0. The summed E-state index contributed by atoms with van der Waals surface area (Å²) in [6.45, 7) is 15.7. The molecule has 1 amide bonds. The molecule has 4 nitrogen and oxygen atoms in total. The van der Waals surface area contributed by atoms with Crippen LogP contribution in [0.4, 0.5) is 4.79 Å². The van der Waals surface area contributed by atoms with Crippen LogP contribution in [-0.2, 0) is 4.74 Å². The number of rotatable bonds is 4. The highest BCUT2D eigenvalue weighted by Crippen LogP contribution is 2.24. The minimum absolute atomic E-state index is 0.224. The number of ether oxygens (including phenoxy) is 1. The van der Waals surface area contributed by atoms with Gasteiger partial charge in [0.2, 0.25) is 0 Å². The van der Waals surface area contributed by atoms with Crippen molar-refractivity contribution >= 4 is 6.09 Å². The maximum atomic E-state index is 12.4. The summed E-state index contributed by atoms with van der Waals surface area (Å²) in [6.07, 6.45) is 5.01. The van der Waals surface area contributed by atoms with Crippen LogP contribution < -0.4 is 5.32 Å². The standard InChI is InChI=1S/C18H36N2O2/c1-14-10-8-9-11-15(14)19-12-13-20(17(2,3)4)16(21)22-18(5,6)7/h14-15,19H,8-13H2,1-7H3. The van der Waals surface area contributed by atoms with Crippen LogP contribution in [0.15, 0.2) is 0 Å². The van der Waals surface area contributed by atoms with Crippen LogP contribution >= 0.6 is 0 Å². The third-order valence-electron chi connectivity index (χ3n) is 4.28. The van der Waals surface area contributed by atoms with Crippen molar-refractivity contribution in [2.45, 2.75) is 91.3 Å². The van der Waals surface area contributed by atoms with Gasteiger partial charge in [-0.25, -0.2) is 4.79 Å². The number of hydrogen-bond acceptors (Lipinski definition) is 3. The van der Waals surface area contributed by atoms with E-state index in [1.807, 2.05) is 25.7 Å². The molecule has 0 spiro atoms. The largest absolute Gasteiger partial charge is 0.444 e. The molecule has 1 rings (SSSR count). The number of nitrogens with one attached hydrogen (secondary N) is 1. The predicted octanol–water partition coefficient (Wildman–Crippen LogP) is 4.19. The average Bonchev–Trinajstić information content (AvgIpc) is 2.32. The lowest BCUT2D eigenvalue weighted by Crippen LogP contribution is -2.51. The second kappa shape index (κ2) is 7.67. The van der Waals surface area contributed by atoms with Crippen LogP contribution in [0.25, 0.3) is 0 Å². The molecule has 1 N–H and O–H groups in total. The van der Waals surface area contributed by atoms with Crippen molar-refractivity contribution in [2.24, 2.45) is 5.92 Å². The van der Waals surface area contributed by atoms with Crippen LogP contribution in [0.2, 0.25) is 0 Å². The number of hydrogen-bond donors (Lipinski definition) is 1. The molecule has 22 heavy (non-hydrogen) atoms. The van der Waals surface area contributed by atoms with Crippen molar-refractivity contribution < 1.29 is 9.53 Å². The Kier molecular flexibility index (Phi) is 6.72. The highest BCUT2D eigenvalue weighted by Gasteiger charge is 2.30. The Bertz CT molecular complexity index is 355. The lowest BCUT2D eigenvalue weighted by atomic mass is 9.86. The van der Waals surface area contributed by atoms with Crippen LogP contribution in [0.1, 0.15) is 74.1 Å². The first-order valence-electron chi connectivity index (χ1n) is 8.75. The number of carbonyl (C=O) groups excluding carboxylic acids is 1. The molecule has 1 fully saturated rings. The van der Waals surface area contributed by atoms with Gasteiger partial charge in [0.1, 0.15) is 5.60 Å². The molecule has 0 aliphatic heterocycles. The summed E-state index contributed by atoms with van der Waals surface area (Å²) < 4.78 is 5.55. The van der Waals surface area contributed by atoms with Gasteiger partial charge in [0.25, 0.3) is 0 Å². The van der Waals surface area contributed by atoms with Gasteiger partial charge in [0.05, 0.1) is 0 Å². The summed E-state index contributed by atoms with van der Waals surface area (Å²) in [5, 5.41) is 3.64. The van der Waals surface area contributed by atoms with E-state index in [0.29, 0.717) is 12.6 Å². The number of amides is 1. The minimum atomic E-state index is -0.452. The lowest BCUT2D eigenvalue weighted by Gasteiger charge is -2.38. The molecule has 2 atom stereocenters. The molecule has 0 aromatic heterocycles. The molecule has 4 heteroatoms.